The zero-order chi connectivity index (χ0) is 11.3. The lowest BCUT2D eigenvalue weighted by atomic mass is 10.0. The summed E-state index contributed by atoms with van der Waals surface area (Å²) in [5.41, 5.74) is 0. The largest absolute Gasteiger partial charge is 0.392 e. The van der Waals surface area contributed by atoms with E-state index in [0.717, 1.165) is 26.3 Å². The van der Waals surface area contributed by atoms with Crippen LogP contribution < -0.4 is 0 Å². The van der Waals surface area contributed by atoms with E-state index in [1.54, 1.807) is 0 Å². The van der Waals surface area contributed by atoms with E-state index in [4.69, 9.17) is 4.74 Å². The zero-order valence-electron chi connectivity index (χ0n) is 10.3. The lowest BCUT2D eigenvalue weighted by Gasteiger charge is -2.29. The van der Waals surface area contributed by atoms with E-state index in [9.17, 15) is 5.11 Å². The average Bonchev–Trinajstić information content (AvgIpc) is 2.18. The molecule has 0 amide bonds. The molecular formula is C12H25NO2. The highest BCUT2D eigenvalue weighted by Crippen LogP contribution is 2.15. The van der Waals surface area contributed by atoms with E-state index in [0.29, 0.717) is 11.8 Å². The highest BCUT2D eigenvalue weighted by Gasteiger charge is 2.18. The number of hydrogen-bond donors (Lipinski definition) is 1. The Bertz CT molecular complexity index is 167. The molecule has 1 rings (SSSR count). The van der Waals surface area contributed by atoms with Crippen molar-refractivity contribution in [2.24, 2.45) is 11.8 Å². The van der Waals surface area contributed by atoms with E-state index in [1.165, 1.54) is 12.8 Å². The number of aliphatic hydroxyl groups is 1. The van der Waals surface area contributed by atoms with Gasteiger partial charge in [-0.05, 0) is 31.7 Å². The molecule has 90 valence electrons. The Labute approximate surface area is 93.4 Å². The predicted octanol–water partition coefficient (Wildman–Crippen LogP) is 1.36. The van der Waals surface area contributed by atoms with Gasteiger partial charge in [0.05, 0.1) is 12.7 Å². The Morgan fingerprint density at radius 2 is 2.20 bits per heavy atom. The zero-order valence-corrected chi connectivity index (χ0v) is 10.3. The molecule has 3 heteroatoms. The van der Waals surface area contributed by atoms with Gasteiger partial charge in [0.2, 0.25) is 0 Å². The average molecular weight is 215 g/mol. The third-order valence-electron chi connectivity index (χ3n) is 3.09. The highest BCUT2D eigenvalue weighted by molar-refractivity contribution is 4.70. The maximum atomic E-state index is 9.75. The Kier molecular flexibility index (Phi) is 5.58. The SMILES string of the molecule is CC(C)C(O)CN(C)CC1CCCOC1. The molecular weight excluding hydrogens is 190 g/mol. The molecule has 2 atom stereocenters. The molecule has 0 bridgehead atoms. The summed E-state index contributed by atoms with van der Waals surface area (Å²) in [6.45, 7) is 7.75. The summed E-state index contributed by atoms with van der Waals surface area (Å²) in [6.07, 6.45) is 2.24. The standard InChI is InChI=1S/C12H25NO2/c1-10(2)12(14)8-13(3)7-11-5-4-6-15-9-11/h10-12,14H,4-9H2,1-3H3. The normalized spacial score (nSPS) is 24.8. The van der Waals surface area contributed by atoms with Crippen molar-refractivity contribution in [3.8, 4) is 0 Å². The van der Waals surface area contributed by atoms with Gasteiger partial charge < -0.3 is 14.7 Å². The minimum absolute atomic E-state index is 0.209. The van der Waals surface area contributed by atoms with Gasteiger partial charge in [-0.1, -0.05) is 13.8 Å². The molecule has 15 heavy (non-hydrogen) atoms. The summed E-state index contributed by atoms with van der Waals surface area (Å²) in [7, 11) is 2.08. The Hall–Kier alpha value is -0.120. The maximum absolute atomic E-state index is 9.75. The van der Waals surface area contributed by atoms with Gasteiger partial charge in [-0.15, -0.1) is 0 Å². The minimum Gasteiger partial charge on any atom is -0.392 e. The molecule has 1 heterocycles. The molecule has 0 saturated carbocycles. The van der Waals surface area contributed by atoms with E-state index in [-0.39, 0.29) is 6.10 Å². The summed E-state index contributed by atoms with van der Waals surface area (Å²) in [4.78, 5) is 2.23. The minimum atomic E-state index is -0.209. The van der Waals surface area contributed by atoms with E-state index in [2.05, 4.69) is 25.8 Å². The first-order valence-electron chi connectivity index (χ1n) is 6.04. The van der Waals surface area contributed by atoms with Crippen LogP contribution in [-0.2, 0) is 4.74 Å². The fourth-order valence-corrected chi connectivity index (χ4v) is 2.00. The van der Waals surface area contributed by atoms with E-state index >= 15 is 0 Å². The maximum Gasteiger partial charge on any atom is 0.0689 e. The van der Waals surface area contributed by atoms with Gasteiger partial charge in [0.25, 0.3) is 0 Å². The third-order valence-corrected chi connectivity index (χ3v) is 3.09. The van der Waals surface area contributed by atoms with Gasteiger partial charge in [-0.25, -0.2) is 0 Å². The number of rotatable bonds is 5. The van der Waals surface area contributed by atoms with Crippen molar-refractivity contribution in [2.75, 3.05) is 33.4 Å². The number of aliphatic hydroxyl groups excluding tert-OH is 1. The Morgan fingerprint density at radius 3 is 2.73 bits per heavy atom. The van der Waals surface area contributed by atoms with Crippen LogP contribution in [0.3, 0.4) is 0 Å². The smallest absolute Gasteiger partial charge is 0.0689 e. The van der Waals surface area contributed by atoms with Crippen LogP contribution in [0.2, 0.25) is 0 Å². The number of hydrogen-bond acceptors (Lipinski definition) is 3. The third kappa shape index (κ3) is 4.96. The van der Waals surface area contributed by atoms with Crippen LogP contribution in [0.15, 0.2) is 0 Å². The van der Waals surface area contributed by atoms with Gasteiger partial charge >= 0.3 is 0 Å². The van der Waals surface area contributed by atoms with Crippen molar-refractivity contribution >= 4 is 0 Å². The van der Waals surface area contributed by atoms with Gasteiger partial charge in [0.1, 0.15) is 0 Å². The van der Waals surface area contributed by atoms with E-state index in [1.807, 2.05) is 0 Å². The molecule has 1 fully saturated rings. The molecule has 1 N–H and O–H groups in total. The van der Waals surface area contributed by atoms with Crippen molar-refractivity contribution < 1.29 is 9.84 Å². The first-order valence-corrected chi connectivity index (χ1v) is 6.04. The summed E-state index contributed by atoms with van der Waals surface area (Å²) < 4.78 is 5.45. The molecule has 1 saturated heterocycles. The second kappa shape index (κ2) is 6.46. The summed E-state index contributed by atoms with van der Waals surface area (Å²) >= 11 is 0. The highest BCUT2D eigenvalue weighted by atomic mass is 16.5. The van der Waals surface area contributed by atoms with Gasteiger partial charge in [0.15, 0.2) is 0 Å². The summed E-state index contributed by atoms with van der Waals surface area (Å²) in [5.74, 6) is 0.998. The first-order chi connectivity index (χ1) is 7.09. The number of ether oxygens (including phenoxy) is 1. The molecule has 0 aromatic carbocycles. The van der Waals surface area contributed by atoms with Crippen molar-refractivity contribution in [2.45, 2.75) is 32.8 Å². The molecule has 0 aromatic heterocycles. The molecule has 3 nitrogen and oxygen atoms in total. The van der Waals surface area contributed by atoms with Crippen LogP contribution in [0.25, 0.3) is 0 Å². The second-order valence-electron chi connectivity index (χ2n) is 5.12. The van der Waals surface area contributed by atoms with Gasteiger partial charge in [-0.2, -0.15) is 0 Å². The molecule has 1 aliphatic heterocycles. The van der Waals surface area contributed by atoms with Gasteiger partial charge in [0, 0.05) is 19.7 Å². The Balaban J connectivity index is 2.19. The molecule has 1 aliphatic rings. The summed E-state index contributed by atoms with van der Waals surface area (Å²) in [5, 5.41) is 9.75. The van der Waals surface area contributed by atoms with Crippen molar-refractivity contribution in [3.05, 3.63) is 0 Å². The van der Waals surface area contributed by atoms with E-state index < -0.39 is 0 Å². The van der Waals surface area contributed by atoms with Crippen LogP contribution in [0.4, 0.5) is 0 Å². The van der Waals surface area contributed by atoms with Gasteiger partial charge in [-0.3, -0.25) is 0 Å². The molecule has 0 radical (unpaired) electrons. The van der Waals surface area contributed by atoms with Crippen molar-refractivity contribution in [1.82, 2.24) is 4.90 Å². The van der Waals surface area contributed by atoms with Crippen LogP contribution >= 0.6 is 0 Å². The van der Waals surface area contributed by atoms with Crippen LogP contribution in [0.1, 0.15) is 26.7 Å². The molecule has 2 unspecified atom stereocenters. The molecule has 0 spiro atoms. The predicted molar refractivity (Wildman–Crippen MR) is 61.9 cm³/mol. The molecule has 0 aliphatic carbocycles. The van der Waals surface area contributed by atoms with Crippen molar-refractivity contribution in [1.29, 1.82) is 0 Å². The monoisotopic (exact) mass is 215 g/mol. The van der Waals surface area contributed by atoms with Crippen LogP contribution in [-0.4, -0.2) is 49.5 Å². The lowest BCUT2D eigenvalue weighted by Crippen LogP contribution is -2.37. The lowest BCUT2D eigenvalue weighted by molar-refractivity contribution is 0.0289. The Morgan fingerprint density at radius 1 is 1.47 bits per heavy atom. The van der Waals surface area contributed by atoms with Crippen LogP contribution in [0.5, 0.6) is 0 Å². The quantitative estimate of drug-likeness (QED) is 0.751. The molecule has 0 aromatic rings. The fraction of sp³-hybridized carbons (Fsp3) is 1.00. The number of likely N-dealkylation sites (N-methyl/N-ethyl adjacent to an activating group) is 1. The van der Waals surface area contributed by atoms with Crippen LogP contribution in [0, 0.1) is 11.8 Å². The fourth-order valence-electron chi connectivity index (χ4n) is 2.00. The number of nitrogens with zero attached hydrogens (tertiary/aromatic N) is 1. The first kappa shape index (κ1) is 12.9. The second-order valence-corrected chi connectivity index (χ2v) is 5.12. The topological polar surface area (TPSA) is 32.7 Å². The van der Waals surface area contributed by atoms with Crippen molar-refractivity contribution in [3.63, 3.8) is 0 Å². The summed E-state index contributed by atoms with van der Waals surface area (Å²) in [6, 6.07) is 0.